The van der Waals surface area contributed by atoms with Gasteiger partial charge in [0.25, 0.3) is 0 Å². The molecule has 1 N–H and O–H groups in total. The summed E-state index contributed by atoms with van der Waals surface area (Å²) in [7, 11) is 0. The molecule has 1 unspecified atom stereocenters. The molecule has 3 nitrogen and oxygen atoms in total. The fourth-order valence-electron chi connectivity index (χ4n) is 2.44. The molecule has 2 heterocycles. The van der Waals surface area contributed by atoms with Gasteiger partial charge in [0, 0.05) is 25.6 Å². The highest BCUT2D eigenvalue weighted by Crippen LogP contribution is 2.32. The van der Waals surface area contributed by atoms with Gasteiger partial charge < -0.3 is 10.2 Å². The van der Waals surface area contributed by atoms with Crippen molar-refractivity contribution in [2.75, 3.05) is 19.6 Å². The highest BCUT2D eigenvalue weighted by Gasteiger charge is 2.35. The molecule has 0 aliphatic carbocycles. The van der Waals surface area contributed by atoms with E-state index >= 15 is 0 Å². The quantitative estimate of drug-likeness (QED) is 0.678. The van der Waals surface area contributed by atoms with Crippen LogP contribution in [-0.4, -0.2) is 36.5 Å². The molecule has 2 saturated heterocycles. The van der Waals surface area contributed by atoms with Crippen molar-refractivity contribution in [3.8, 4) is 0 Å². The lowest BCUT2D eigenvalue weighted by Gasteiger charge is -2.39. The van der Waals surface area contributed by atoms with Gasteiger partial charge in [-0.1, -0.05) is 13.8 Å². The van der Waals surface area contributed by atoms with Crippen LogP contribution in [0.2, 0.25) is 0 Å². The lowest BCUT2D eigenvalue weighted by atomic mass is 9.82. The summed E-state index contributed by atoms with van der Waals surface area (Å²) in [6, 6.07) is 0.471. The van der Waals surface area contributed by atoms with Crippen LogP contribution in [0.15, 0.2) is 0 Å². The van der Waals surface area contributed by atoms with Crippen molar-refractivity contribution in [3.05, 3.63) is 0 Å². The van der Waals surface area contributed by atoms with Crippen LogP contribution in [0.3, 0.4) is 0 Å². The minimum Gasteiger partial charge on any atom is -0.338 e. The average Bonchev–Trinajstić information content (AvgIpc) is 2.54. The Morgan fingerprint density at radius 1 is 1.50 bits per heavy atom. The van der Waals surface area contributed by atoms with E-state index in [4.69, 9.17) is 0 Å². The predicted molar refractivity (Wildman–Crippen MR) is 56.0 cm³/mol. The minimum atomic E-state index is 0.222. The summed E-state index contributed by atoms with van der Waals surface area (Å²) in [5.41, 5.74) is 0.222. The number of likely N-dealkylation sites (tertiary alicyclic amines) is 1. The molecule has 2 rings (SSSR count). The van der Waals surface area contributed by atoms with Gasteiger partial charge in [0.05, 0.1) is 0 Å². The van der Waals surface area contributed by atoms with Crippen LogP contribution < -0.4 is 5.32 Å². The molecular weight excluding hydrogens is 176 g/mol. The average molecular weight is 196 g/mol. The van der Waals surface area contributed by atoms with E-state index in [-0.39, 0.29) is 5.41 Å². The van der Waals surface area contributed by atoms with Crippen LogP contribution in [-0.2, 0) is 4.79 Å². The summed E-state index contributed by atoms with van der Waals surface area (Å²) >= 11 is 0. The van der Waals surface area contributed by atoms with Crippen molar-refractivity contribution in [3.63, 3.8) is 0 Å². The van der Waals surface area contributed by atoms with E-state index in [2.05, 4.69) is 24.1 Å². The lowest BCUT2D eigenvalue weighted by Crippen LogP contribution is -2.48. The van der Waals surface area contributed by atoms with E-state index < -0.39 is 0 Å². The van der Waals surface area contributed by atoms with Gasteiger partial charge in [0.1, 0.15) is 0 Å². The Bertz CT molecular complexity index is 231. The molecule has 0 aromatic carbocycles. The fourth-order valence-corrected chi connectivity index (χ4v) is 2.44. The van der Waals surface area contributed by atoms with Gasteiger partial charge >= 0.3 is 0 Å². The largest absolute Gasteiger partial charge is 0.338 e. The summed E-state index contributed by atoms with van der Waals surface area (Å²) in [5, 5.41) is 3.32. The fraction of sp³-hybridized carbons (Fsp3) is 0.909. The van der Waals surface area contributed by atoms with Crippen molar-refractivity contribution in [1.82, 2.24) is 10.2 Å². The third-order valence-corrected chi connectivity index (χ3v) is 3.45. The standard InChI is InChI=1S/C11H20N2O/c1-11(2)4-6-13(10(14)7-11)9-3-5-12-8-9/h9,12H,3-8H2,1-2H3. The molecule has 0 bridgehead atoms. The van der Waals surface area contributed by atoms with Crippen molar-refractivity contribution in [1.29, 1.82) is 0 Å². The van der Waals surface area contributed by atoms with Gasteiger partial charge in [-0.15, -0.1) is 0 Å². The van der Waals surface area contributed by atoms with Crippen molar-refractivity contribution >= 4 is 5.91 Å². The highest BCUT2D eigenvalue weighted by atomic mass is 16.2. The summed E-state index contributed by atoms with van der Waals surface area (Å²) in [6.45, 7) is 7.40. The van der Waals surface area contributed by atoms with Gasteiger partial charge in [0.15, 0.2) is 0 Å². The first-order valence-electron chi connectivity index (χ1n) is 5.59. The molecule has 0 spiro atoms. The number of piperidine rings is 1. The van der Waals surface area contributed by atoms with E-state index in [1.54, 1.807) is 0 Å². The zero-order valence-electron chi connectivity index (χ0n) is 9.18. The molecule has 0 radical (unpaired) electrons. The Hall–Kier alpha value is -0.570. The topological polar surface area (TPSA) is 32.3 Å². The van der Waals surface area contributed by atoms with Crippen molar-refractivity contribution in [2.45, 2.75) is 39.2 Å². The number of carbonyl (C=O) groups is 1. The molecule has 2 fully saturated rings. The third-order valence-electron chi connectivity index (χ3n) is 3.45. The maximum atomic E-state index is 11.9. The van der Waals surface area contributed by atoms with E-state index in [0.717, 1.165) is 38.9 Å². The second-order valence-corrected chi connectivity index (χ2v) is 5.32. The molecule has 3 heteroatoms. The third kappa shape index (κ3) is 1.92. The second kappa shape index (κ2) is 3.54. The first kappa shape index (κ1) is 9.97. The predicted octanol–water partition coefficient (Wildman–Crippen LogP) is 0.997. The number of nitrogens with zero attached hydrogens (tertiary/aromatic N) is 1. The van der Waals surface area contributed by atoms with Gasteiger partial charge in [-0.3, -0.25) is 4.79 Å². The normalized spacial score (nSPS) is 32.3. The second-order valence-electron chi connectivity index (χ2n) is 5.32. The van der Waals surface area contributed by atoms with E-state index in [9.17, 15) is 4.79 Å². The van der Waals surface area contributed by atoms with Crippen LogP contribution >= 0.6 is 0 Å². The molecule has 0 aromatic heterocycles. The van der Waals surface area contributed by atoms with Crippen LogP contribution in [0, 0.1) is 5.41 Å². The maximum Gasteiger partial charge on any atom is 0.223 e. The van der Waals surface area contributed by atoms with Crippen LogP contribution in [0.5, 0.6) is 0 Å². The zero-order valence-corrected chi connectivity index (χ0v) is 9.18. The molecule has 2 aliphatic heterocycles. The van der Waals surface area contributed by atoms with Crippen molar-refractivity contribution in [2.24, 2.45) is 5.41 Å². The van der Waals surface area contributed by atoms with Gasteiger partial charge in [0.2, 0.25) is 5.91 Å². The molecular formula is C11H20N2O. The molecule has 14 heavy (non-hydrogen) atoms. The van der Waals surface area contributed by atoms with Crippen molar-refractivity contribution < 1.29 is 4.79 Å². The van der Waals surface area contributed by atoms with Gasteiger partial charge in [-0.25, -0.2) is 0 Å². The van der Waals surface area contributed by atoms with E-state index in [1.807, 2.05) is 0 Å². The lowest BCUT2D eigenvalue weighted by molar-refractivity contribution is -0.139. The maximum absolute atomic E-state index is 11.9. The number of nitrogens with one attached hydrogen (secondary N) is 1. The van der Waals surface area contributed by atoms with Crippen LogP contribution in [0.4, 0.5) is 0 Å². The number of rotatable bonds is 1. The minimum absolute atomic E-state index is 0.222. The van der Waals surface area contributed by atoms with Crippen LogP contribution in [0.25, 0.3) is 0 Å². The SMILES string of the molecule is CC1(C)CCN(C2CCNC2)C(=O)C1. The Morgan fingerprint density at radius 2 is 2.29 bits per heavy atom. The Balaban J connectivity index is 1.98. The molecule has 1 amide bonds. The van der Waals surface area contributed by atoms with Gasteiger partial charge in [-0.05, 0) is 24.8 Å². The molecule has 80 valence electrons. The Labute approximate surface area is 85.8 Å². The summed E-state index contributed by atoms with van der Waals surface area (Å²) in [4.78, 5) is 14.0. The van der Waals surface area contributed by atoms with E-state index in [1.165, 1.54) is 0 Å². The summed E-state index contributed by atoms with van der Waals surface area (Å²) in [6.07, 6.45) is 3.00. The molecule has 1 atom stereocenters. The molecule has 0 saturated carbocycles. The van der Waals surface area contributed by atoms with Crippen LogP contribution in [0.1, 0.15) is 33.1 Å². The monoisotopic (exact) mass is 196 g/mol. The summed E-state index contributed by atoms with van der Waals surface area (Å²) in [5.74, 6) is 0.356. The number of hydrogen-bond donors (Lipinski definition) is 1. The first-order chi connectivity index (χ1) is 6.58. The smallest absolute Gasteiger partial charge is 0.223 e. The number of hydrogen-bond acceptors (Lipinski definition) is 2. The first-order valence-corrected chi connectivity index (χ1v) is 5.59. The molecule has 2 aliphatic rings. The summed E-state index contributed by atoms with van der Waals surface area (Å²) < 4.78 is 0. The number of carbonyl (C=O) groups excluding carboxylic acids is 1. The Morgan fingerprint density at radius 3 is 2.86 bits per heavy atom. The Kier molecular flexibility index (Phi) is 2.52. The van der Waals surface area contributed by atoms with Gasteiger partial charge in [-0.2, -0.15) is 0 Å². The molecule has 0 aromatic rings. The zero-order chi connectivity index (χ0) is 10.2. The highest BCUT2D eigenvalue weighted by molar-refractivity contribution is 5.78. The number of amides is 1. The van der Waals surface area contributed by atoms with E-state index in [0.29, 0.717) is 11.9 Å².